The van der Waals surface area contributed by atoms with Crippen LogP contribution in [0.5, 0.6) is 11.5 Å². The van der Waals surface area contributed by atoms with Gasteiger partial charge in [-0.2, -0.15) is 5.10 Å². The van der Waals surface area contributed by atoms with E-state index in [0.29, 0.717) is 12.3 Å². The molecule has 1 aromatic heterocycles. The van der Waals surface area contributed by atoms with Crippen molar-refractivity contribution in [1.29, 1.82) is 0 Å². The van der Waals surface area contributed by atoms with Crippen molar-refractivity contribution in [3.8, 4) is 17.2 Å². The number of nitrogens with zero attached hydrogens (tertiary/aromatic N) is 2. The summed E-state index contributed by atoms with van der Waals surface area (Å²) in [5.74, 6) is 1.43. The first kappa shape index (κ1) is 21.0. The highest BCUT2D eigenvalue weighted by Gasteiger charge is 2.10. The molecule has 0 saturated heterocycles. The molecule has 3 aromatic rings. The van der Waals surface area contributed by atoms with Gasteiger partial charge in [-0.25, -0.2) is 0 Å². The SMILES string of the molecule is COc1ccc(CN/N=C/c2cc(C)n(-c3ccc(C)c(Br)c3)c2C)cc1OC. The molecule has 6 heteroatoms. The van der Waals surface area contributed by atoms with E-state index in [2.05, 4.69) is 76.1 Å². The van der Waals surface area contributed by atoms with E-state index in [9.17, 15) is 0 Å². The van der Waals surface area contributed by atoms with Gasteiger partial charge < -0.3 is 19.5 Å². The number of hydrogen-bond donors (Lipinski definition) is 1. The van der Waals surface area contributed by atoms with Crippen LogP contribution in [0.4, 0.5) is 0 Å². The van der Waals surface area contributed by atoms with E-state index in [1.165, 1.54) is 11.3 Å². The number of aryl methyl sites for hydroxylation is 2. The zero-order valence-corrected chi connectivity index (χ0v) is 19.0. The number of hydrazone groups is 1. The zero-order chi connectivity index (χ0) is 21.0. The molecule has 1 N–H and O–H groups in total. The third-order valence-electron chi connectivity index (χ3n) is 4.91. The molecule has 0 radical (unpaired) electrons. The Bertz CT molecular complexity index is 1040. The van der Waals surface area contributed by atoms with Gasteiger partial charge in [0.05, 0.1) is 27.0 Å². The Morgan fingerprint density at radius 3 is 2.45 bits per heavy atom. The highest BCUT2D eigenvalue weighted by atomic mass is 79.9. The molecule has 152 valence electrons. The summed E-state index contributed by atoms with van der Waals surface area (Å²) in [6.07, 6.45) is 1.86. The lowest BCUT2D eigenvalue weighted by Gasteiger charge is -2.11. The zero-order valence-electron chi connectivity index (χ0n) is 17.4. The van der Waals surface area contributed by atoms with Gasteiger partial charge >= 0.3 is 0 Å². The van der Waals surface area contributed by atoms with Crippen molar-refractivity contribution in [2.45, 2.75) is 27.3 Å². The van der Waals surface area contributed by atoms with Crippen LogP contribution in [-0.2, 0) is 6.54 Å². The third-order valence-corrected chi connectivity index (χ3v) is 5.76. The molecule has 0 unspecified atom stereocenters. The summed E-state index contributed by atoms with van der Waals surface area (Å²) in [5, 5.41) is 4.41. The molecule has 29 heavy (non-hydrogen) atoms. The van der Waals surface area contributed by atoms with E-state index < -0.39 is 0 Å². The minimum absolute atomic E-state index is 0.598. The third kappa shape index (κ3) is 4.65. The molecule has 5 nitrogen and oxygen atoms in total. The van der Waals surface area contributed by atoms with Gasteiger partial charge in [-0.15, -0.1) is 0 Å². The summed E-state index contributed by atoms with van der Waals surface area (Å²) in [5.41, 5.74) is 9.92. The number of nitrogens with one attached hydrogen (secondary N) is 1. The Labute approximate surface area is 180 Å². The van der Waals surface area contributed by atoms with Crippen LogP contribution in [-0.4, -0.2) is 25.0 Å². The molecule has 0 fully saturated rings. The minimum atomic E-state index is 0.598. The Kier molecular flexibility index (Phi) is 6.64. The smallest absolute Gasteiger partial charge is 0.161 e. The first-order valence-corrected chi connectivity index (χ1v) is 10.2. The molecule has 2 aromatic carbocycles. The first-order chi connectivity index (χ1) is 13.9. The molecule has 0 atom stereocenters. The number of methoxy groups -OCH3 is 2. The number of rotatable bonds is 7. The number of benzene rings is 2. The number of hydrogen-bond acceptors (Lipinski definition) is 4. The van der Waals surface area contributed by atoms with Crippen LogP contribution in [0.3, 0.4) is 0 Å². The molecule has 0 spiro atoms. The van der Waals surface area contributed by atoms with E-state index in [1.807, 2.05) is 24.4 Å². The summed E-state index contributed by atoms with van der Waals surface area (Å²) >= 11 is 3.63. The van der Waals surface area contributed by atoms with Crippen molar-refractivity contribution in [3.63, 3.8) is 0 Å². The molecule has 0 amide bonds. The molecular weight excluding hydrogens is 430 g/mol. The Hall–Kier alpha value is -2.73. The topological polar surface area (TPSA) is 47.8 Å². The molecule has 0 aliphatic carbocycles. The molecule has 0 aliphatic rings. The van der Waals surface area contributed by atoms with Crippen LogP contribution >= 0.6 is 15.9 Å². The van der Waals surface area contributed by atoms with Crippen molar-refractivity contribution in [1.82, 2.24) is 9.99 Å². The standard InChI is InChI=1S/C23H26BrN3O2/c1-15-6-8-20(12-21(15)24)27-16(2)10-19(17(27)3)14-26-25-13-18-7-9-22(28-4)23(11-18)29-5/h6-12,14,25H,13H2,1-5H3/b26-14+. The average Bonchev–Trinajstić information content (AvgIpc) is 3.00. The summed E-state index contributed by atoms with van der Waals surface area (Å²) in [4.78, 5) is 0. The van der Waals surface area contributed by atoms with E-state index in [0.717, 1.165) is 32.7 Å². The first-order valence-electron chi connectivity index (χ1n) is 9.37. The van der Waals surface area contributed by atoms with Crippen molar-refractivity contribution >= 4 is 22.1 Å². The molecule has 0 bridgehead atoms. The minimum Gasteiger partial charge on any atom is -0.493 e. The Morgan fingerprint density at radius 1 is 1.00 bits per heavy atom. The summed E-state index contributed by atoms with van der Waals surface area (Å²) < 4.78 is 14.0. The maximum atomic E-state index is 5.34. The molecule has 1 heterocycles. The molecule has 0 aliphatic heterocycles. The largest absolute Gasteiger partial charge is 0.493 e. The predicted molar refractivity (Wildman–Crippen MR) is 122 cm³/mol. The van der Waals surface area contributed by atoms with Crippen molar-refractivity contribution < 1.29 is 9.47 Å². The van der Waals surface area contributed by atoms with Crippen LogP contribution in [0.15, 0.2) is 52.0 Å². The second-order valence-corrected chi connectivity index (χ2v) is 7.73. The van der Waals surface area contributed by atoms with Gasteiger partial charge in [0.1, 0.15) is 0 Å². The Morgan fingerprint density at radius 2 is 1.76 bits per heavy atom. The number of aromatic nitrogens is 1. The van der Waals surface area contributed by atoms with E-state index in [4.69, 9.17) is 9.47 Å². The van der Waals surface area contributed by atoms with Crippen LogP contribution in [0.25, 0.3) is 5.69 Å². The maximum absolute atomic E-state index is 5.34. The van der Waals surface area contributed by atoms with Crippen LogP contribution in [0, 0.1) is 20.8 Å². The van der Waals surface area contributed by atoms with E-state index in [1.54, 1.807) is 14.2 Å². The average molecular weight is 456 g/mol. The quantitative estimate of drug-likeness (QED) is 0.388. The number of halogens is 1. The van der Waals surface area contributed by atoms with Crippen molar-refractivity contribution in [2.24, 2.45) is 5.10 Å². The van der Waals surface area contributed by atoms with E-state index in [-0.39, 0.29) is 0 Å². The Balaban J connectivity index is 1.72. The van der Waals surface area contributed by atoms with E-state index >= 15 is 0 Å². The van der Waals surface area contributed by atoms with Gasteiger partial charge in [-0.1, -0.05) is 28.1 Å². The van der Waals surface area contributed by atoms with Crippen LogP contribution < -0.4 is 14.9 Å². The fourth-order valence-electron chi connectivity index (χ4n) is 3.28. The lowest BCUT2D eigenvalue weighted by atomic mass is 10.2. The monoisotopic (exact) mass is 455 g/mol. The predicted octanol–water partition coefficient (Wildman–Crippen LogP) is 5.31. The van der Waals surface area contributed by atoms with Gasteiger partial charge in [0.2, 0.25) is 0 Å². The lowest BCUT2D eigenvalue weighted by Crippen LogP contribution is -2.06. The van der Waals surface area contributed by atoms with Crippen molar-refractivity contribution in [2.75, 3.05) is 14.2 Å². The normalized spacial score (nSPS) is 11.1. The van der Waals surface area contributed by atoms with Crippen molar-refractivity contribution in [3.05, 3.63) is 75.0 Å². The second-order valence-electron chi connectivity index (χ2n) is 6.88. The van der Waals surface area contributed by atoms with Gasteiger partial charge in [0, 0.05) is 27.1 Å². The van der Waals surface area contributed by atoms with Gasteiger partial charge in [0.25, 0.3) is 0 Å². The summed E-state index contributed by atoms with van der Waals surface area (Å²) in [6, 6.07) is 14.4. The molecule has 0 saturated carbocycles. The highest BCUT2D eigenvalue weighted by molar-refractivity contribution is 9.10. The molecular formula is C23H26BrN3O2. The van der Waals surface area contributed by atoms with Gasteiger partial charge in [-0.3, -0.25) is 0 Å². The fourth-order valence-corrected chi connectivity index (χ4v) is 3.65. The summed E-state index contributed by atoms with van der Waals surface area (Å²) in [6.45, 7) is 6.90. The van der Waals surface area contributed by atoms with Gasteiger partial charge in [0.15, 0.2) is 11.5 Å². The second kappa shape index (κ2) is 9.18. The van der Waals surface area contributed by atoms with Gasteiger partial charge in [-0.05, 0) is 62.2 Å². The number of ether oxygens (including phenoxy) is 2. The van der Waals surface area contributed by atoms with Crippen LogP contribution in [0.2, 0.25) is 0 Å². The summed E-state index contributed by atoms with van der Waals surface area (Å²) in [7, 11) is 3.27. The molecule has 3 rings (SSSR count). The van der Waals surface area contributed by atoms with Crippen LogP contribution in [0.1, 0.15) is 28.1 Å². The highest BCUT2D eigenvalue weighted by Crippen LogP contribution is 2.27. The lowest BCUT2D eigenvalue weighted by molar-refractivity contribution is 0.354. The maximum Gasteiger partial charge on any atom is 0.161 e. The fraction of sp³-hybridized carbons (Fsp3) is 0.261.